The van der Waals surface area contributed by atoms with Crippen LogP contribution in [0.1, 0.15) is 27.7 Å². The average molecular weight is 366 g/mol. The zero-order valence-electron chi connectivity index (χ0n) is 15.9. The Morgan fingerprint density at radius 1 is 0.963 bits per heavy atom. The van der Waals surface area contributed by atoms with Crippen molar-refractivity contribution < 1.29 is 14.8 Å². The van der Waals surface area contributed by atoms with Gasteiger partial charge in [0.05, 0.1) is 16.9 Å². The maximum Gasteiger partial charge on any atom is 0.491 e. The highest BCUT2D eigenvalue weighted by molar-refractivity contribution is 6.60. The number of rotatable bonds is 6. The highest BCUT2D eigenvalue weighted by atomic mass is 16.5. The van der Waals surface area contributed by atoms with Gasteiger partial charge in [-0.05, 0) is 50.5 Å². The number of para-hydroxylation sites is 1. The van der Waals surface area contributed by atoms with E-state index in [1.54, 1.807) is 52.0 Å². The van der Waals surface area contributed by atoms with Crippen LogP contribution < -0.4 is 5.46 Å². The van der Waals surface area contributed by atoms with E-state index in [1.165, 1.54) is 4.80 Å². The second kappa shape index (κ2) is 7.23. The minimum atomic E-state index is -1.16. The Bertz CT molecular complexity index is 889. The Kier molecular flexibility index (Phi) is 5.14. The van der Waals surface area contributed by atoms with Gasteiger partial charge in [-0.2, -0.15) is 0 Å². The summed E-state index contributed by atoms with van der Waals surface area (Å²) >= 11 is 0. The highest BCUT2D eigenvalue weighted by Crippen LogP contribution is 2.25. The molecular weight excluding hydrogens is 343 g/mol. The van der Waals surface area contributed by atoms with Gasteiger partial charge in [0.15, 0.2) is 0 Å². The predicted molar refractivity (Wildman–Crippen MR) is 104 cm³/mol. The van der Waals surface area contributed by atoms with Crippen molar-refractivity contribution in [2.75, 3.05) is 0 Å². The second-order valence-corrected chi connectivity index (χ2v) is 7.40. The van der Waals surface area contributed by atoms with Crippen molar-refractivity contribution in [2.45, 2.75) is 38.9 Å². The highest BCUT2D eigenvalue weighted by Gasteiger charge is 2.39. The number of nitrogens with zero attached hydrogens (tertiary/aromatic N) is 4. The van der Waals surface area contributed by atoms with E-state index in [1.807, 2.05) is 30.3 Å². The third-order valence-electron chi connectivity index (χ3n) is 4.73. The van der Waals surface area contributed by atoms with Crippen molar-refractivity contribution in [1.29, 1.82) is 0 Å². The molecule has 0 radical (unpaired) electrons. The Balaban J connectivity index is 1.75. The van der Waals surface area contributed by atoms with Crippen LogP contribution in [0.15, 0.2) is 54.6 Å². The molecule has 8 heteroatoms. The fraction of sp³-hybridized carbons (Fsp3) is 0.316. The summed E-state index contributed by atoms with van der Waals surface area (Å²) in [5.74, 6) is 0.484. The van der Waals surface area contributed by atoms with Gasteiger partial charge in [-0.3, -0.25) is 0 Å². The van der Waals surface area contributed by atoms with E-state index in [0.29, 0.717) is 11.3 Å². The maximum atomic E-state index is 10.4. The summed E-state index contributed by atoms with van der Waals surface area (Å²) in [6.45, 7) is 6.75. The largest absolute Gasteiger partial charge is 0.491 e. The number of aliphatic hydroxyl groups is 1. The molecule has 0 spiro atoms. The van der Waals surface area contributed by atoms with Crippen LogP contribution in [0, 0.1) is 0 Å². The molecule has 1 aromatic heterocycles. The molecule has 0 atom stereocenters. The zero-order chi connectivity index (χ0) is 19.7. The first kappa shape index (κ1) is 19.2. The molecule has 0 fully saturated rings. The maximum absolute atomic E-state index is 10.4. The number of hydrogen-bond donors (Lipinski definition) is 2. The van der Waals surface area contributed by atoms with Crippen molar-refractivity contribution in [3.05, 3.63) is 54.6 Å². The molecule has 3 aromatic rings. The Hall–Kier alpha value is -2.55. The minimum absolute atomic E-state index is 0.484. The van der Waals surface area contributed by atoms with Crippen LogP contribution in [0.5, 0.6) is 0 Å². The Morgan fingerprint density at radius 2 is 1.59 bits per heavy atom. The summed E-state index contributed by atoms with van der Waals surface area (Å²) in [7, 11) is -1.16. The van der Waals surface area contributed by atoms with Gasteiger partial charge in [-0.1, -0.05) is 42.5 Å². The van der Waals surface area contributed by atoms with Gasteiger partial charge in [0.1, 0.15) is 0 Å². The van der Waals surface area contributed by atoms with E-state index in [9.17, 15) is 10.1 Å². The molecule has 0 saturated carbocycles. The van der Waals surface area contributed by atoms with Gasteiger partial charge in [0.25, 0.3) is 0 Å². The molecule has 0 bridgehead atoms. The van der Waals surface area contributed by atoms with E-state index >= 15 is 0 Å². The van der Waals surface area contributed by atoms with E-state index in [2.05, 4.69) is 15.4 Å². The lowest BCUT2D eigenvalue weighted by molar-refractivity contribution is -0.0982. The molecule has 140 valence electrons. The molecule has 0 unspecified atom stereocenters. The van der Waals surface area contributed by atoms with Gasteiger partial charge in [0.2, 0.25) is 5.82 Å². The van der Waals surface area contributed by atoms with Crippen LogP contribution in [0.4, 0.5) is 0 Å². The lowest BCUT2D eigenvalue weighted by atomic mass is 9.76. The first-order valence-corrected chi connectivity index (χ1v) is 8.71. The molecule has 0 saturated heterocycles. The van der Waals surface area contributed by atoms with E-state index in [0.717, 1.165) is 11.3 Å². The monoisotopic (exact) mass is 366 g/mol. The van der Waals surface area contributed by atoms with Crippen LogP contribution in [-0.2, 0) is 4.65 Å². The minimum Gasteiger partial charge on any atom is -0.423 e. The fourth-order valence-corrected chi connectivity index (χ4v) is 2.29. The van der Waals surface area contributed by atoms with Crippen LogP contribution in [0.3, 0.4) is 0 Å². The van der Waals surface area contributed by atoms with Crippen molar-refractivity contribution in [3.8, 4) is 17.1 Å². The topological polar surface area (TPSA) is 93.3 Å². The van der Waals surface area contributed by atoms with E-state index in [4.69, 9.17) is 4.65 Å². The lowest BCUT2D eigenvalue weighted by Crippen LogP contribution is -2.53. The van der Waals surface area contributed by atoms with E-state index < -0.39 is 18.3 Å². The average Bonchev–Trinajstić information content (AvgIpc) is 3.11. The van der Waals surface area contributed by atoms with Crippen molar-refractivity contribution in [3.63, 3.8) is 0 Å². The summed E-state index contributed by atoms with van der Waals surface area (Å²) < 4.78 is 5.65. The molecule has 3 rings (SSSR count). The lowest BCUT2D eigenvalue weighted by Gasteiger charge is -2.38. The molecule has 0 aliphatic heterocycles. The number of hydrogen-bond acceptors (Lipinski definition) is 6. The molecule has 2 aromatic carbocycles. The van der Waals surface area contributed by atoms with Crippen LogP contribution in [0.2, 0.25) is 0 Å². The van der Waals surface area contributed by atoms with Gasteiger partial charge in [-0.15, -0.1) is 15.0 Å². The standard InChI is InChI=1S/C19H23BN4O3/c1-18(2,25)19(3,4)27-20(26)15-12-10-14(11-13-15)17-21-23-24(22-17)16-8-6-5-7-9-16/h5-13,25-26H,1-4H3. The normalized spacial score (nSPS) is 12.2. The van der Waals surface area contributed by atoms with Gasteiger partial charge in [0, 0.05) is 5.56 Å². The quantitative estimate of drug-likeness (QED) is 0.644. The van der Waals surface area contributed by atoms with Crippen molar-refractivity contribution >= 4 is 12.6 Å². The first-order chi connectivity index (χ1) is 12.7. The summed E-state index contributed by atoms with van der Waals surface area (Å²) in [4.78, 5) is 1.47. The molecule has 0 aliphatic rings. The van der Waals surface area contributed by atoms with Crippen molar-refractivity contribution in [1.82, 2.24) is 20.2 Å². The molecule has 2 N–H and O–H groups in total. The van der Waals surface area contributed by atoms with Crippen LogP contribution >= 0.6 is 0 Å². The third kappa shape index (κ3) is 4.24. The summed E-state index contributed by atoms with van der Waals surface area (Å²) in [6.07, 6.45) is 0. The molecule has 0 aliphatic carbocycles. The zero-order valence-corrected chi connectivity index (χ0v) is 15.9. The third-order valence-corrected chi connectivity index (χ3v) is 4.73. The van der Waals surface area contributed by atoms with Gasteiger partial charge >= 0.3 is 7.12 Å². The van der Waals surface area contributed by atoms with Crippen LogP contribution in [-0.4, -0.2) is 48.7 Å². The molecule has 1 heterocycles. The molecular formula is C19H23BN4O3. The summed E-state index contributed by atoms with van der Waals surface area (Å²) in [5.41, 5.74) is 0.144. The first-order valence-electron chi connectivity index (χ1n) is 8.71. The second-order valence-electron chi connectivity index (χ2n) is 7.40. The van der Waals surface area contributed by atoms with E-state index in [-0.39, 0.29) is 0 Å². The molecule has 7 nitrogen and oxygen atoms in total. The molecule has 27 heavy (non-hydrogen) atoms. The molecule has 0 amide bonds. The Labute approximate surface area is 158 Å². The summed E-state index contributed by atoms with van der Waals surface area (Å²) in [6, 6.07) is 16.6. The number of benzene rings is 2. The van der Waals surface area contributed by atoms with Crippen molar-refractivity contribution in [2.24, 2.45) is 0 Å². The SMILES string of the molecule is CC(C)(O)C(C)(C)OB(O)c1ccc(-c2nnn(-c3ccccc3)n2)cc1. The van der Waals surface area contributed by atoms with Gasteiger partial charge in [-0.25, -0.2) is 0 Å². The predicted octanol–water partition coefficient (Wildman–Crippen LogP) is 1.58. The van der Waals surface area contributed by atoms with Gasteiger partial charge < -0.3 is 14.8 Å². The number of aromatic nitrogens is 4. The smallest absolute Gasteiger partial charge is 0.423 e. The summed E-state index contributed by atoms with van der Waals surface area (Å²) in [5, 5.41) is 33.1. The Morgan fingerprint density at radius 3 is 2.19 bits per heavy atom. The van der Waals surface area contributed by atoms with Crippen LogP contribution in [0.25, 0.3) is 17.1 Å². The fourth-order valence-electron chi connectivity index (χ4n) is 2.29. The number of tetrazole rings is 1.